The molecule has 0 saturated carbocycles. The van der Waals surface area contributed by atoms with Crippen molar-refractivity contribution in [2.24, 2.45) is 0 Å². The molecule has 0 aliphatic carbocycles. The van der Waals surface area contributed by atoms with E-state index in [1.54, 1.807) is 0 Å². The van der Waals surface area contributed by atoms with E-state index < -0.39 is 6.10 Å². The molecule has 0 spiro atoms. The third-order valence-electron chi connectivity index (χ3n) is 14.8. The van der Waals surface area contributed by atoms with Crippen LogP contribution in [0.4, 0.5) is 0 Å². The summed E-state index contributed by atoms with van der Waals surface area (Å²) >= 11 is 0. The quantitative estimate of drug-likeness (QED) is 0.0261. The van der Waals surface area contributed by atoms with Crippen molar-refractivity contribution in [3.63, 3.8) is 0 Å². The minimum atomic E-state index is -0.794. The van der Waals surface area contributed by atoms with Gasteiger partial charge in [-0.05, 0) is 103 Å². The highest BCUT2D eigenvalue weighted by atomic mass is 16.6. The van der Waals surface area contributed by atoms with E-state index in [4.69, 9.17) is 14.2 Å². The first-order chi connectivity index (χ1) is 40.0. The van der Waals surface area contributed by atoms with E-state index in [0.29, 0.717) is 19.3 Å². The maximum Gasteiger partial charge on any atom is 0.306 e. The minimum Gasteiger partial charge on any atom is -0.462 e. The number of allylic oxidation sites excluding steroid dienone is 18. The molecule has 6 nitrogen and oxygen atoms in total. The molecule has 0 bridgehead atoms. The lowest BCUT2D eigenvalue weighted by Gasteiger charge is -2.18. The van der Waals surface area contributed by atoms with Crippen LogP contribution in [0.15, 0.2) is 109 Å². The van der Waals surface area contributed by atoms with Crippen LogP contribution in [0.25, 0.3) is 0 Å². The predicted octanol–water partition coefficient (Wildman–Crippen LogP) is 23.8. The number of rotatable bonds is 62. The van der Waals surface area contributed by atoms with E-state index in [-0.39, 0.29) is 31.1 Å². The molecule has 0 aliphatic heterocycles. The van der Waals surface area contributed by atoms with Gasteiger partial charge < -0.3 is 14.2 Å². The lowest BCUT2D eigenvalue weighted by atomic mass is 10.0. The number of ether oxygens (including phenoxy) is 3. The van der Waals surface area contributed by atoms with E-state index in [1.165, 1.54) is 148 Å². The number of hydrogen-bond acceptors (Lipinski definition) is 6. The van der Waals surface area contributed by atoms with Crippen LogP contribution in [0.3, 0.4) is 0 Å². The Morgan fingerprint density at radius 3 is 0.753 bits per heavy atom. The second-order valence-electron chi connectivity index (χ2n) is 22.7. The molecule has 1 atom stereocenters. The smallest absolute Gasteiger partial charge is 0.306 e. The van der Waals surface area contributed by atoms with Crippen LogP contribution < -0.4 is 0 Å². The highest BCUT2D eigenvalue weighted by molar-refractivity contribution is 5.71. The molecule has 0 radical (unpaired) electrons. The summed E-state index contributed by atoms with van der Waals surface area (Å²) in [6, 6.07) is 0. The summed E-state index contributed by atoms with van der Waals surface area (Å²) in [6.45, 7) is 6.44. The van der Waals surface area contributed by atoms with Gasteiger partial charge in [-0.15, -0.1) is 0 Å². The van der Waals surface area contributed by atoms with Crippen molar-refractivity contribution in [3.05, 3.63) is 109 Å². The van der Waals surface area contributed by atoms with Crippen LogP contribution in [-0.4, -0.2) is 37.2 Å². The lowest BCUT2D eigenvalue weighted by Crippen LogP contribution is -2.30. The first kappa shape index (κ1) is 77.1. The molecule has 0 rings (SSSR count). The van der Waals surface area contributed by atoms with E-state index in [2.05, 4.69) is 130 Å². The maximum atomic E-state index is 13.0. The lowest BCUT2D eigenvalue weighted by molar-refractivity contribution is -0.167. The van der Waals surface area contributed by atoms with Gasteiger partial charge in [-0.3, -0.25) is 14.4 Å². The third kappa shape index (κ3) is 66.8. The molecule has 0 aliphatic rings. The van der Waals surface area contributed by atoms with Gasteiger partial charge >= 0.3 is 17.9 Å². The Bertz CT molecular complexity index is 1620. The van der Waals surface area contributed by atoms with E-state index in [1.807, 2.05) is 0 Å². The monoisotopic (exact) mass is 1120 g/mol. The molecular weight excluding hydrogens is 997 g/mol. The number of carbonyl (C=O) groups excluding carboxylic acids is 3. The van der Waals surface area contributed by atoms with E-state index in [0.717, 1.165) is 141 Å². The first-order valence-corrected chi connectivity index (χ1v) is 34.4. The van der Waals surface area contributed by atoms with Crippen molar-refractivity contribution in [3.8, 4) is 0 Å². The van der Waals surface area contributed by atoms with Crippen molar-refractivity contribution in [2.75, 3.05) is 13.2 Å². The third-order valence-corrected chi connectivity index (χ3v) is 14.8. The average Bonchev–Trinajstić information content (AvgIpc) is 3.47. The van der Waals surface area contributed by atoms with Crippen LogP contribution in [0, 0.1) is 0 Å². The van der Waals surface area contributed by atoms with Crippen LogP contribution in [-0.2, 0) is 28.6 Å². The SMILES string of the molecule is CC/C=C\C/C=C\C/C=C\C/C=C\C/C=C\CCCCCCCC(=O)OCC(COC(=O)CCCCCCCCCCCCCCCCCCCCCCC)OC(=O)CCCCCCCCCC/C=C\C/C=C\C/C=C\C/C=C\CC. The fourth-order valence-electron chi connectivity index (χ4n) is 9.70. The average molecular weight is 1130 g/mol. The normalized spacial score (nSPS) is 12.8. The summed E-state index contributed by atoms with van der Waals surface area (Å²) in [5.41, 5.74) is 0. The topological polar surface area (TPSA) is 78.9 Å². The van der Waals surface area contributed by atoms with E-state index in [9.17, 15) is 14.4 Å². The Kier molecular flexibility index (Phi) is 65.2. The van der Waals surface area contributed by atoms with Crippen molar-refractivity contribution >= 4 is 17.9 Å². The van der Waals surface area contributed by atoms with Crippen molar-refractivity contribution in [1.29, 1.82) is 0 Å². The summed E-state index contributed by atoms with van der Waals surface area (Å²) in [7, 11) is 0. The molecule has 464 valence electrons. The second kappa shape index (κ2) is 68.6. The molecule has 0 N–H and O–H groups in total. The zero-order valence-electron chi connectivity index (χ0n) is 53.3. The van der Waals surface area contributed by atoms with Crippen molar-refractivity contribution < 1.29 is 28.6 Å². The van der Waals surface area contributed by atoms with Gasteiger partial charge in [0.1, 0.15) is 13.2 Å². The molecule has 0 saturated heterocycles. The van der Waals surface area contributed by atoms with Crippen LogP contribution in [0.2, 0.25) is 0 Å². The van der Waals surface area contributed by atoms with Gasteiger partial charge in [0.2, 0.25) is 0 Å². The molecule has 0 aromatic heterocycles. The predicted molar refractivity (Wildman–Crippen MR) is 353 cm³/mol. The molecule has 81 heavy (non-hydrogen) atoms. The fraction of sp³-hybridized carbons (Fsp3) is 0.720. The van der Waals surface area contributed by atoms with Gasteiger partial charge in [-0.2, -0.15) is 0 Å². The van der Waals surface area contributed by atoms with Crippen molar-refractivity contribution in [1.82, 2.24) is 0 Å². The van der Waals surface area contributed by atoms with Gasteiger partial charge in [0.25, 0.3) is 0 Å². The van der Waals surface area contributed by atoms with Crippen LogP contribution in [0.1, 0.15) is 329 Å². The molecule has 6 heteroatoms. The number of carbonyl (C=O) groups is 3. The Labute approximate surface area is 501 Å². The zero-order chi connectivity index (χ0) is 58.5. The highest BCUT2D eigenvalue weighted by Gasteiger charge is 2.19. The Balaban J connectivity index is 4.42. The number of esters is 3. The highest BCUT2D eigenvalue weighted by Crippen LogP contribution is 2.17. The summed E-state index contributed by atoms with van der Waals surface area (Å²) in [5.74, 6) is -0.899. The summed E-state index contributed by atoms with van der Waals surface area (Å²) in [5, 5.41) is 0. The standard InChI is InChI=1S/C75H128O6/c1-4-7-10-13-16-19-22-25-28-31-34-37-40-43-46-49-52-55-58-61-64-67-73(76)79-70-72(81-75(78)69-66-63-60-57-54-51-48-45-42-39-36-33-30-27-24-21-18-15-12-9-6-3)71-80-74(77)68-65-62-59-56-53-50-47-44-41-38-35-32-29-26-23-20-17-14-11-8-5-2/h7,9-10,12,16,18-19,21,25,27-28,30,34,36-37,39,43,46,72H,4-6,8,11,13-15,17,20,22-24,26,29,31-33,35,38,40-42,44-45,47-71H2,1-3H3/b10-7-,12-9-,19-16-,21-18-,28-25-,30-27-,37-34-,39-36-,46-43-. The second-order valence-corrected chi connectivity index (χ2v) is 22.7. The van der Waals surface area contributed by atoms with Crippen LogP contribution >= 0.6 is 0 Å². The fourth-order valence-corrected chi connectivity index (χ4v) is 9.70. The van der Waals surface area contributed by atoms with Gasteiger partial charge in [-0.1, -0.05) is 316 Å². The summed E-state index contributed by atoms with van der Waals surface area (Å²) < 4.78 is 17.0. The Morgan fingerprint density at radius 1 is 0.259 bits per heavy atom. The van der Waals surface area contributed by atoms with Gasteiger partial charge in [-0.25, -0.2) is 0 Å². The Morgan fingerprint density at radius 2 is 0.481 bits per heavy atom. The minimum absolute atomic E-state index is 0.0860. The number of hydrogen-bond donors (Lipinski definition) is 0. The summed E-state index contributed by atoms with van der Waals surface area (Å²) in [6.07, 6.45) is 93.8. The Hall–Kier alpha value is -3.93. The van der Waals surface area contributed by atoms with Crippen molar-refractivity contribution in [2.45, 2.75) is 335 Å². The molecule has 0 aromatic rings. The van der Waals surface area contributed by atoms with Gasteiger partial charge in [0, 0.05) is 19.3 Å². The zero-order valence-corrected chi connectivity index (χ0v) is 53.3. The van der Waals surface area contributed by atoms with Gasteiger partial charge in [0.05, 0.1) is 0 Å². The molecule has 0 amide bonds. The molecule has 0 aromatic carbocycles. The van der Waals surface area contributed by atoms with Crippen LogP contribution in [0.5, 0.6) is 0 Å². The maximum absolute atomic E-state index is 13.0. The molecular formula is C75H128O6. The first-order valence-electron chi connectivity index (χ1n) is 34.4. The molecule has 0 fully saturated rings. The number of unbranched alkanes of at least 4 members (excludes halogenated alkanes) is 33. The van der Waals surface area contributed by atoms with Gasteiger partial charge in [0.15, 0.2) is 6.10 Å². The molecule has 0 heterocycles. The molecule has 1 unspecified atom stereocenters. The van der Waals surface area contributed by atoms with E-state index >= 15 is 0 Å². The summed E-state index contributed by atoms with van der Waals surface area (Å²) in [4.78, 5) is 38.5. The largest absolute Gasteiger partial charge is 0.462 e.